The highest BCUT2D eigenvalue weighted by Gasteiger charge is 2.40. The van der Waals surface area contributed by atoms with Crippen molar-refractivity contribution in [1.29, 1.82) is 0 Å². The number of carbonyl (C=O) groups is 1. The van der Waals surface area contributed by atoms with Crippen LogP contribution in [-0.2, 0) is 4.79 Å². The van der Waals surface area contributed by atoms with E-state index in [4.69, 9.17) is 0 Å². The molecule has 0 aromatic heterocycles. The molecule has 1 heterocycles. The molecule has 1 unspecified atom stereocenters. The number of rotatable bonds is 1. The first-order chi connectivity index (χ1) is 6.79. The van der Waals surface area contributed by atoms with Crippen LogP contribution in [0.5, 0.6) is 0 Å². The van der Waals surface area contributed by atoms with Crippen molar-refractivity contribution in [3.05, 3.63) is 0 Å². The van der Waals surface area contributed by atoms with Crippen molar-refractivity contribution in [1.82, 2.24) is 0 Å². The van der Waals surface area contributed by atoms with Gasteiger partial charge in [-0.25, -0.2) is 0 Å². The third kappa shape index (κ3) is 3.03. The lowest BCUT2D eigenvalue weighted by atomic mass is 9.98. The molecular weight excluding hydrogens is 203 g/mol. The molecule has 88 valence electrons. The van der Waals surface area contributed by atoms with Crippen LogP contribution in [0.25, 0.3) is 0 Å². The molecule has 0 bridgehead atoms. The van der Waals surface area contributed by atoms with Gasteiger partial charge in [0.25, 0.3) is 0 Å². The fourth-order valence-corrected chi connectivity index (χ4v) is 7.34. The van der Waals surface area contributed by atoms with Crippen LogP contribution in [0.3, 0.4) is 0 Å². The Morgan fingerprint density at radius 2 is 1.80 bits per heavy atom. The average Bonchev–Trinajstić information content (AvgIpc) is 2.00. The van der Waals surface area contributed by atoms with E-state index < -0.39 is 0 Å². The van der Waals surface area contributed by atoms with Gasteiger partial charge in [0.2, 0.25) is 0 Å². The van der Waals surface area contributed by atoms with Gasteiger partial charge in [0.1, 0.15) is 5.78 Å². The molecule has 1 rings (SSSR count). The number of hydrogen-bond donors (Lipinski definition) is 0. The highest BCUT2D eigenvalue weighted by atomic mass is 31.1. The first-order valence-corrected chi connectivity index (χ1v) is 7.62. The Morgan fingerprint density at radius 3 is 2.33 bits per heavy atom. The molecule has 0 aromatic rings. The first-order valence-electron chi connectivity index (χ1n) is 6.09. The zero-order valence-corrected chi connectivity index (χ0v) is 11.8. The molecule has 0 aromatic carbocycles. The molecule has 1 aliphatic heterocycles. The van der Waals surface area contributed by atoms with Crippen LogP contribution >= 0.6 is 7.92 Å². The van der Waals surface area contributed by atoms with Gasteiger partial charge in [0.15, 0.2) is 0 Å². The van der Waals surface area contributed by atoms with E-state index in [0.717, 1.165) is 19.3 Å². The van der Waals surface area contributed by atoms with Gasteiger partial charge in [0, 0.05) is 12.8 Å². The summed E-state index contributed by atoms with van der Waals surface area (Å²) in [6.45, 7) is 11.7. The van der Waals surface area contributed by atoms with Crippen LogP contribution in [-0.4, -0.2) is 22.3 Å². The molecule has 0 aliphatic carbocycles. The minimum absolute atomic E-state index is 0.0472. The molecule has 1 saturated heterocycles. The maximum absolute atomic E-state index is 11.7. The van der Waals surface area contributed by atoms with Crippen molar-refractivity contribution in [2.45, 2.75) is 70.6 Å². The molecule has 0 spiro atoms. The van der Waals surface area contributed by atoms with Gasteiger partial charge in [-0.1, -0.05) is 42.5 Å². The molecule has 0 N–H and O–H groups in total. The van der Waals surface area contributed by atoms with Gasteiger partial charge in [-0.3, -0.25) is 4.79 Å². The van der Waals surface area contributed by atoms with Crippen LogP contribution < -0.4 is 0 Å². The van der Waals surface area contributed by atoms with Crippen LogP contribution in [0.15, 0.2) is 0 Å². The van der Waals surface area contributed by atoms with Crippen LogP contribution in [0, 0.1) is 0 Å². The van der Waals surface area contributed by atoms with E-state index in [0.29, 0.717) is 10.9 Å². The van der Waals surface area contributed by atoms with Gasteiger partial charge >= 0.3 is 0 Å². The Bertz CT molecular complexity index is 243. The molecular formula is C13H25OP. The predicted octanol–water partition coefficient (Wildman–Crippen LogP) is 4.19. The lowest BCUT2D eigenvalue weighted by molar-refractivity contribution is -0.119. The fourth-order valence-electron chi connectivity index (χ4n) is 3.19. The number of hydrogen-bond acceptors (Lipinski definition) is 1. The van der Waals surface area contributed by atoms with Crippen molar-refractivity contribution in [3.63, 3.8) is 0 Å². The average molecular weight is 228 g/mol. The van der Waals surface area contributed by atoms with E-state index in [2.05, 4.69) is 34.6 Å². The first kappa shape index (κ1) is 13.2. The molecule has 1 fully saturated rings. The largest absolute Gasteiger partial charge is 0.300 e. The smallest absolute Gasteiger partial charge is 0.133 e. The Labute approximate surface area is 95.8 Å². The molecule has 1 nitrogen and oxygen atoms in total. The summed E-state index contributed by atoms with van der Waals surface area (Å²) in [6, 6.07) is 0. The van der Waals surface area contributed by atoms with Gasteiger partial charge in [-0.2, -0.15) is 0 Å². The van der Waals surface area contributed by atoms with E-state index in [1.54, 1.807) is 0 Å². The summed E-state index contributed by atoms with van der Waals surface area (Å²) in [5.74, 6) is 0.483. The van der Waals surface area contributed by atoms with Crippen LogP contribution in [0.1, 0.15) is 60.3 Å². The lowest BCUT2D eigenvalue weighted by Crippen LogP contribution is -2.35. The predicted molar refractivity (Wildman–Crippen MR) is 69.1 cm³/mol. The lowest BCUT2D eigenvalue weighted by Gasteiger charge is -2.46. The van der Waals surface area contributed by atoms with Crippen LogP contribution in [0.4, 0.5) is 0 Å². The summed E-state index contributed by atoms with van der Waals surface area (Å²) >= 11 is 0. The minimum Gasteiger partial charge on any atom is -0.300 e. The van der Waals surface area contributed by atoms with Crippen molar-refractivity contribution in [3.8, 4) is 0 Å². The SMILES string of the molecule is CCP1C(C)(C)CCCC(=O)CC1(C)C. The third-order valence-electron chi connectivity index (χ3n) is 3.65. The maximum atomic E-state index is 11.7. The second-order valence-electron chi connectivity index (χ2n) is 5.94. The van der Waals surface area contributed by atoms with Crippen LogP contribution in [0.2, 0.25) is 0 Å². The van der Waals surface area contributed by atoms with Crippen molar-refractivity contribution in [2.75, 3.05) is 6.16 Å². The topological polar surface area (TPSA) is 17.1 Å². The van der Waals surface area contributed by atoms with Crippen molar-refractivity contribution in [2.24, 2.45) is 0 Å². The summed E-state index contributed by atoms with van der Waals surface area (Å²) in [7, 11) is -0.0472. The molecule has 0 saturated carbocycles. The van der Waals surface area contributed by atoms with Crippen molar-refractivity contribution < 1.29 is 4.79 Å². The van der Waals surface area contributed by atoms with Gasteiger partial charge in [0.05, 0.1) is 0 Å². The van der Waals surface area contributed by atoms with Gasteiger partial charge in [-0.15, -0.1) is 0 Å². The van der Waals surface area contributed by atoms with E-state index in [1.165, 1.54) is 12.6 Å². The number of carbonyl (C=O) groups excluding carboxylic acids is 1. The monoisotopic (exact) mass is 228 g/mol. The maximum Gasteiger partial charge on any atom is 0.133 e. The van der Waals surface area contributed by atoms with E-state index in [-0.39, 0.29) is 13.1 Å². The molecule has 1 atom stereocenters. The summed E-state index contributed by atoms with van der Waals surface area (Å²) in [5.41, 5.74) is 0. The number of ketones is 1. The molecule has 15 heavy (non-hydrogen) atoms. The summed E-state index contributed by atoms with van der Waals surface area (Å²) in [5, 5.41) is 0.694. The Kier molecular flexibility index (Phi) is 3.98. The summed E-state index contributed by atoms with van der Waals surface area (Å²) in [6.07, 6.45) is 5.18. The zero-order valence-electron chi connectivity index (χ0n) is 10.9. The number of Topliss-reactive ketones (excluding diaryl/α,β-unsaturated/α-hetero) is 1. The quantitative estimate of drug-likeness (QED) is 0.615. The van der Waals surface area contributed by atoms with E-state index in [9.17, 15) is 4.79 Å². The molecule has 2 heteroatoms. The molecule has 0 amide bonds. The highest BCUT2D eigenvalue weighted by molar-refractivity contribution is 7.60. The standard InChI is InChI=1S/C13H25OP/c1-6-15-12(2,3)9-7-8-11(14)10-13(15,4)5/h6-10H2,1-5H3. The minimum atomic E-state index is -0.0472. The summed E-state index contributed by atoms with van der Waals surface area (Å²) in [4.78, 5) is 11.7. The third-order valence-corrected chi connectivity index (χ3v) is 7.59. The highest BCUT2D eigenvalue weighted by Crippen LogP contribution is 2.62. The Morgan fingerprint density at radius 1 is 1.20 bits per heavy atom. The second-order valence-corrected chi connectivity index (χ2v) is 9.85. The molecule has 1 aliphatic rings. The summed E-state index contributed by atoms with van der Waals surface area (Å²) < 4.78 is 0. The van der Waals surface area contributed by atoms with Gasteiger partial charge in [-0.05, 0) is 29.3 Å². The Balaban J connectivity index is 2.94. The van der Waals surface area contributed by atoms with Gasteiger partial charge < -0.3 is 0 Å². The zero-order chi connectivity index (χ0) is 11.7. The molecule has 0 radical (unpaired) electrons. The van der Waals surface area contributed by atoms with Crippen molar-refractivity contribution >= 4 is 13.7 Å². The fraction of sp³-hybridized carbons (Fsp3) is 0.923. The Hall–Kier alpha value is 0.100. The second kappa shape index (κ2) is 4.53. The normalized spacial score (nSPS) is 30.7. The van der Waals surface area contributed by atoms with E-state index >= 15 is 0 Å². The van der Waals surface area contributed by atoms with E-state index in [1.807, 2.05) is 0 Å².